The molecule has 1 aliphatic rings. The van der Waals surface area contributed by atoms with E-state index in [0.717, 1.165) is 17.0 Å². The molecule has 0 aliphatic carbocycles. The molecular weight excluding hydrogens is 626 g/mol. The normalized spacial score (nSPS) is 13.8. The van der Waals surface area contributed by atoms with Crippen molar-refractivity contribution in [1.82, 2.24) is 9.62 Å². The van der Waals surface area contributed by atoms with Crippen molar-refractivity contribution >= 4 is 56.2 Å². The lowest BCUT2D eigenvalue weighted by molar-refractivity contribution is -0.384. The fourth-order valence-electron chi connectivity index (χ4n) is 4.37. The van der Waals surface area contributed by atoms with E-state index in [1.165, 1.54) is 28.6 Å². The zero-order chi connectivity index (χ0) is 31.7. The van der Waals surface area contributed by atoms with Crippen molar-refractivity contribution in [2.45, 2.75) is 29.6 Å². The number of carbonyl (C=O) groups is 2. The number of benzene rings is 3. The number of carbonyl (C=O) groups excluding carboxylic acids is 2. The van der Waals surface area contributed by atoms with Crippen LogP contribution in [0.4, 0.5) is 11.4 Å². The highest BCUT2D eigenvalue weighted by molar-refractivity contribution is 7.91. The molecule has 4 N–H and O–H groups in total. The number of nitrogens with two attached hydrogens (primary N) is 1. The van der Waals surface area contributed by atoms with Crippen LogP contribution in [0.3, 0.4) is 0 Å². The molecule has 1 aliphatic heterocycles. The topological polar surface area (TPSA) is 165 Å². The number of nitro benzene ring substituents is 1. The minimum atomic E-state index is -3.63. The minimum absolute atomic E-state index is 0.120. The second-order valence-corrected chi connectivity index (χ2v) is 13.5. The SMILES string of the molecule is NC(=O)c1ccccc1.O=C(NCc1ccc(S(=O)(=O)N2CCC(Nc3ccc(Cl)cc3)CC2)s1)c1cccc([N+](=O)[O-])c1. The van der Waals surface area contributed by atoms with Gasteiger partial charge in [-0.3, -0.25) is 19.7 Å². The first-order valence-corrected chi connectivity index (χ1v) is 16.1. The summed E-state index contributed by atoms with van der Waals surface area (Å²) in [5, 5.41) is 17.7. The van der Waals surface area contributed by atoms with Gasteiger partial charge in [-0.25, -0.2) is 8.42 Å². The van der Waals surface area contributed by atoms with Crippen molar-refractivity contribution < 1.29 is 22.9 Å². The number of rotatable bonds is 9. The molecule has 2 amide bonds. The van der Waals surface area contributed by atoms with Crippen LogP contribution in [0.15, 0.2) is 95.2 Å². The molecule has 230 valence electrons. The maximum atomic E-state index is 13.1. The van der Waals surface area contributed by atoms with E-state index in [4.69, 9.17) is 17.3 Å². The van der Waals surface area contributed by atoms with Crippen molar-refractivity contribution in [1.29, 1.82) is 0 Å². The highest BCUT2D eigenvalue weighted by atomic mass is 35.5. The second kappa shape index (κ2) is 14.9. The number of nitrogens with one attached hydrogen (secondary N) is 2. The Morgan fingerprint density at radius 2 is 1.61 bits per heavy atom. The van der Waals surface area contributed by atoms with Gasteiger partial charge < -0.3 is 16.4 Å². The predicted octanol–water partition coefficient (Wildman–Crippen LogP) is 5.29. The zero-order valence-electron chi connectivity index (χ0n) is 23.4. The van der Waals surface area contributed by atoms with Crippen molar-refractivity contribution in [2.75, 3.05) is 18.4 Å². The number of piperidine rings is 1. The van der Waals surface area contributed by atoms with Crippen LogP contribution < -0.4 is 16.4 Å². The average Bonchev–Trinajstić information content (AvgIpc) is 3.52. The summed E-state index contributed by atoms with van der Waals surface area (Å²) in [6.45, 7) is 0.934. The van der Waals surface area contributed by atoms with Gasteiger partial charge in [0, 0.05) is 58.0 Å². The smallest absolute Gasteiger partial charge is 0.270 e. The zero-order valence-corrected chi connectivity index (χ0v) is 25.8. The van der Waals surface area contributed by atoms with E-state index in [1.54, 1.807) is 36.4 Å². The van der Waals surface area contributed by atoms with Crippen molar-refractivity contribution in [3.63, 3.8) is 0 Å². The Balaban J connectivity index is 0.000000421. The van der Waals surface area contributed by atoms with Crippen LogP contribution in [-0.4, -0.2) is 48.6 Å². The van der Waals surface area contributed by atoms with Crippen LogP contribution in [0.1, 0.15) is 38.4 Å². The summed E-state index contributed by atoms with van der Waals surface area (Å²) in [5.74, 6) is -0.850. The molecule has 0 unspecified atom stereocenters. The first kappa shape index (κ1) is 32.6. The Morgan fingerprint density at radius 3 is 2.23 bits per heavy atom. The van der Waals surface area contributed by atoms with E-state index >= 15 is 0 Å². The van der Waals surface area contributed by atoms with Gasteiger partial charge in [0.15, 0.2) is 0 Å². The van der Waals surface area contributed by atoms with Crippen molar-refractivity contribution in [3.05, 3.63) is 122 Å². The highest BCUT2D eigenvalue weighted by Crippen LogP contribution is 2.28. The summed E-state index contributed by atoms with van der Waals surface area (Å²) in [6.07, 6.45) is 1.36. The Labute approximate surface area is 263 Å². The van der Waals surface area contributed by atoms with Crippen molar-refractivity contribution in [2.24, 2.45) is 5.73 Å². The summed E-state index contributed by atoms with van der Waals surface area (Å²) in [4.78, 5) is 33.8. The van der Waals surface area contributed by atoms with Gasteiger partial charge in [-0.1, -0.05) is 35.9 Å². The molecule has 14 heteroatoms. The molecule has 0 bridgehead atoms. The Morgan fingerprint density at radius 1 is 0.955 bits per heavy atom. The summed E-state index contributed by atoms with van der Waals surface area (Å²) in [7, 11) is -3.63. The van der Waals surface area contributed by atoms with E-state index in [-0.39, 0.29) is 34.0 Å². The maximum absolute atomic E-state index is 13.1. The monoisotopic (exact) mass is 655 g/mol. The molecule has 1 fully saturated rings. The predicted molar refractivity (Wildman–Crippen MR) is 170 cm³/mol. The van der Waals surface area contributed by atoms with Gasteiger partial charge in [-0.2, -0.15) is 4.31 Å². The van der Waals surface area contributed by atoms with Gasteiger partial charge in [-0.05, 0) is 67.4 Å². The molecule has 0 spiro atoms. The molecule has 4 aromatic rings. The van der Waals surface area contributed by atoms with Gasteiger partial charge >= 0.3 is 0 Å². The third kappa shape index (κ3) is 8.86. The van der Waals surface area contributed by atoms with Crippen LogP contribution in [0.5, 0.6) is 0 Å². The number of halogens is 1. The minimum Gasteiger partial charge on any atom is -0.382 e. The fraction of sp³-hybridized carbons (Fsp3) is 0.200. The molecule has 44 heavy (non-hydrogen) atoms. The number of primary amides is 1. The Hall–Kier alpha value is -4.30. The molecule has 2 heterocycles. The van der Waals surface area contributed by atoms with Crippen LogP contribution in [0, 0.1) is 10.1 Å². The molecule has 11 nitrogen and oxygen atoms in total. The lowest BCUT2D eigenvalue weighted by Crippen LogP contribution is -2.42. The fourth-order valence-corrected chi connectivity index (χ4v) is 7.42. The average molecular weight is 656 g/mol. The summed E-state index contributed by atoms with van der Waals surface area (Å²) >= 11 is 7.02. The Kier molecular flexibility index (Phi) is 11.1. The van der Waals surface area contributed by atoms with Crippen LogP contribution in [0.25, 0.3) is 0 Å². The molecule has 0 saturated carbocycles. The summed E-state index contributed by atoms with van der Waals surface area (Å²) < 4.78 is 27.9. The Bertz CT molecular complexity index is 1710. The number of sulfonamides is 1. The van der Waals surface area contributed by atoms with E-state index < -0.39 is 20.9 Å². The van der Waals surface area contributed by atoms with Gasteiger partial charge in [0.1, 0.15) is 4.21 Å². The van der Waals surface area contributed by atoms with Crippen LogP contribution in [-0.2, 0) is 16.6 Å². The van der Waals surface area contributed by atoms with E-state index in [9.17, 15) is 28.1 Å². The van der Waals surface area contributed by atoms with E-state index in [0.29, 0.717) is 41.4 Å². The number of hydrogen-bond acceptors (Lipinski definition) is 8. The molecule has 5 rings (SSSR count). The molecular formula is C30H30ClN5O6S2. The molecule has 1 aromatic heterocycles. The van der Waals surface area contributed by atoms with Gasteiger partial charge in [-0.15, -0.1) is 11.3 Å². The van der Waals surface area contributed by atoms with Crippen LogP contribution >= 0.6 is 22.9 Å². The molecule has 3 aromatic carbocycles. The van der Waals surface area contributed by atoms with E-state index in [2.05, 4.69) is 10.6 Å². The lowest BCUT2D eigenvalue weighted by Gasteiger charge is -2.31. The quantitative estimate of drug-likeness (QED) is 0.163. The first-order chi connectivity index (χ1) is 21.0. The van der Waals surface area contributed by atoms with Gasteiger partial charge in [0.05, 0.1) is 11.5 Å². The number of hydrogen-bond donors (Lipinski definition) is 3. The highest BCUT2D eigenvalue weighted by Gasteiger charge is 2.30. The third-order valence-corrected chi connectivity index (χ3v) is 10.4. The maximum Gasteiger partial charge on any atom is 0.270 e. The summed E-state index contributed by atoms with van der Waals surface area (Å²) in [5.41, 5.74) is 6.47. The van der Waals surface area contributed by atoms with Gasteiger partial charge in [0.25, 0.3) is 21.6 Å². The molecule has 0 radical (unpaired) electrons. The molecule has 1 saturated heterocycles. The second-order valence-electron chi connectivity index (χ2n) is 9.77. The van der Waals surface area contributed by atoms with Crippen molar-refractivity contribution in [3.8, 4) is 0 Å². The first-order valence-electron chi connectivity index (χ1n) is 13.5. The largest absolute Gasteiger partial charge is 0.382 e. The van der Waals surface area contributed by atoms with Gasteiger partial charge in [0.2, 0.25) is 5.91 Å². The van der Waals surface area contributed by atoms with E-state index in [1.807, 2.05) is 30.3 Å². The number of thiophene rings is 1. The lowest BCUT2D eigenvalue weighted by atomic mass is 10.1. The number of anilines is 1. The summed E-state index contributed by atoms with van der Waals surface area (Å²) in [6, 6.07) is 25.0. The third-order valence-electron chi connectivity index (χ3n) is 6.70. The number of nitro groups is 1. The number of non-ortho nitro benzene ring substituents is 1. The number of nitrogens with zero attached hydrogens (tertiary/aromatic N) is 2. The molecule has 0 atom stereocenters. The standard InChI is InChI=1S/C23H23ClN4O5S2.C7H7NO/c24-17-4-6-18(7-5-17)26-19-10-12-27(13-11-19)35(32,33)22-9-8-21(34-22)15-25-23(29)16-2-1-3-20(14-16)28(30)31;8-7(9)6-4-2-1-3-5-6/h1-9,14,19,26H,10-13,15H2,(H,25,29);1-5H,(H2,8,9). The van der Waals surface area contributed by atoms with Crippen LogP contribution in [0.2, 0.25) is 5.02 Å². The number of amides is 2.